The van der Waals surface area contributed by atoms with Gasteiger partial charge in [0.05, 0.1) is 42.3 Å². The summed E-state index contributed by atoms with van der Waals surface area (Å²) in [6.07, 6.45) is 0. The number of hydrogen-bond acceptors (Lipinski definition) is 6. The topological polar surface area (TPSA) is 82.4 Å². The Morgan fingerprint density at radius 2 is 1.88 bits per heavy atom. The highest BCUT2D eigenvalue weighted by molar-refractivity contribution is 7.99. The zero-order chi connectivity index (χ0) is 24.2. The van der Waals surface area contributed by atoms with Crippen molar-refractivity contribution < 1.29 is 14.3 Å². The van der Waals surface area contributed by atoms with Crippen molar-refractivity contribution in [3.8, 4) is 17.2 Å². The predicted octanol–water partition coefficient (Wildman–Crippen LogP) is 5.10. The molecule has 7 nitrogen and oxygen atoms in total. The number of rotatable bonds is 7. The first-order valence-corrected chi connectivity index (χ1v) is 11.7. The maximum atomic E-state index is 13.4. The number of halogens is 1. The van der Waals surface area contributed by atoms with Gasteiger partial charge in [-0.05, 0) is 42.8 Å². The highest BCUT2D eigenvalue weighted by Gasteiger charge is 2.16. The molecular weight excluding hydrogens is 474 g/mol. The molecular formula is C25H22ClN3O4S. The van der Waals surface area contributed by atoms with Crippen LogP contribution in [0.1, 0.15) is 5.56 Å². The molecule has 0 atom stereocenters. The lowest BCUT2D eigenvalue weighted by Crippen LogP contribution is -2.23. The van der Waals surface area contributed by atoms with Gasteiger partial charge < -0.3 is 14.8 Å². The molecule has 1 amide bonds. The Balaban J connectivity index is 1.67. The Kier molecular flexibility index (Phi) is 7.09. The standard InChI is InChI=1S/C25H22ClN3O4S/c1-15-11-21(22(33-3)13-19(15)26)27-23(30)14-34-25-28-20-10-5-4-9-18(20)24(31)29(25)16-7-6-8-17(12-16)32-2/h4-13H,14H2,1-3H3,(H,27,30). The fourth-order valence-corrected chi connectivity index (χ4v) is 4.40. The summed E-state index contributed by atoms with van der Waals surface area (Å²) in [6.45, 7) is 1.85. The molecule has 174 valence electrons. The lowest BCUT2D eigenvalue weighted by atomic mass is 10.2. The molecule has 9 heteroatoms. The van der Waals surface area contributed by atoms with Gasteiger partial charge in [-0.3, -0.25) is 14.2 Å². The van der Waals surface area contributed by atoms with Crippen LogP contribution in [0, 0.1) is 6.92 Å². The van der Waals surface area contributed by atoms with E-state index in [1.165, 1.54) is 11.7 Å². The smallest absolute Gasteiger partial charge is 0.266 e. The van der Waals surface area contributed by atoms with Gasteiger partial charge in [0.1, 0.15) is 11.5 Å². The van der Waals surface area contributed by atoms with Crippen LogP contribution >= 0.6 is 23.4 Å². The number of hydrogen-bond donors (Lipinski definition) is 1. The van der Waals surface area contributed by atoms with Crippen LogP contribution < -0.4 is 20.3 Å². The van der Waals surface area contributed by atoms with Gasteiger partial charge in [0, 0.05) is 17.2 Å². The van der Waals surface area contributed by atoms with Crippen LogP contribution in [-0.2, 0) is 4.79 Å². The van der Waals surface area contributed by atoms with E-state index < -0.39 is 0 Å². The van der Waals surface area contributed by atoms with Gasteiger partial charge in [-0.15, -0.1) is 0 Å². The second-order valence-electron chi connectivity index (χ2n) is 7.39. The van der Waals surface area contributed by atoms with Crippen LogP contribution in [0.25, 0.3) is 16.6 Å². The third-order valence-electron chi connectivity index (χ3n) is 5.14. The number of carbonyl (C=O) groups excluding carboxylic acids is 1. The van der Waals surface area contributed by atoms with E-state index in [0.717, 1.165) is 17.3 Å². The highest BCUT2D eigenvalue weighted by Crippen LogP contribution is 2.31. The summed E-state index contributed by atoms with van der Waals surface area (Å²) in [7, 11) is 3.07. The normalized spacial score (nSPS) is 10.8. The Bertz CT molecular complexity index is 1440. The number of anilines is 1. The third-order valence-corrected chi connectivity index (χ3v) is 6.49. The number of ether oxygens (including phenoxy) is 2. The largest absolute Gasteiger partial charge is 0.497 e. The quantitative estimate of drug-likeness (QED) is 0.284. The maximum absolute atomic E-state index is 13.4. The first-order valence-electron chi connectivity index (χ1n) is 10.3. The van der Waals surface area contributed by atoms with E-state index in [4.69, 9.17) is 21.1 Å². The molecule has 1 N–H and O–H groups in total. The van der Waals surface area contributed by atoms with Crippen LogP contribution in [-0.4, -0.2) is 35.4 Å². The fourth-order valence-electron chi connectivity index (χ4n) is 3.43. The SMILES string of the molecule is COc1cccc(-n2c(SCC(=O)Nc3cc(C)c(Cl)cc3OC)nc3ccccc3c2=O)c1. The molecule has 0 unspecified atom stereocenters. The van der Waals surface area contributed by atoms with Crippen molar-refractivity contribution in [2.75, 3.05) is 25.3 Å². The van der Waals surface area contributed by atoms with Gasteiger partial charge in [0.15, 0.2) is 5.16 Å². The number of nitrogens with zero attached hydrogens (tertiary/aromatic N) is 2. The van der Waals surface area contributed by atoms with Crippen molar-refractivity contribution in [3.05, 3.63) is 81.6 Å². The molecule has 34 heavy (non-hydrogen) atoms. The van der Waals surface area contributed by atoms with Crippen molar-refractivity contribution in [2.24, 2.45) is 0 Å². The summed E-state index contributed by atoms with van der Waals surface area (Å²) in [5.41, 5.74) is 2.27. The molecule has 0 aliphatic carbocycles. The van der Waals surface area contributed by atoms with Crippen molar-refractivity contribution in [3.63, 3.8) is 0 Å². The summed E-state index contributed by atoms with van der Waals surface area (Å²) < 4.78 is 12.1. The molecule has 1 heterocycles. The predicted molar refractivity (Wildman–Crippen MR) is 136 cm³/mol. The number of fused-ring (bicyclic) bond motifs is 1. The number of para-hydroxylation sites is 1. The zero-order valence-electron chi connectivity index (χ0n) is 18.8. The van der Waals surface area contributed by atoms with Gasteiger partial charge in [-0.2, -0.15) is 0 Å². The van der Waals surface area contributed by atoms with Gasteiger partial charge in [0.2, 0.25) is 5.91 Å². The zero-order valence-corrected chi connectivity index (χ0v) is 20.4. The van der Waals surface area contributed by atoms with E-state index in [1.807, 2.05) is 13.0 Å². The molecule has 0 aliphatic rings. The lowest BCUT2D eigenvalue weighted by molar-refractivity contribution is -0.113. The summed E-state index contributed by atoms with van der Waals surface area (Å²) in [5.74, 6) is 0.826. The van der Waals surface area contributed by atoms with Gasteiger partial charge in [-0.1, -0.05) is 41.6 Å². The first kappa shape index (κ1) is 23.7. The average molecular weight is 496 g/mol. The maximum Gasteiger partial charge on any atom is 0.266 e. The van der Waals surface area contributed by atoms with Crippen molar-refractivity contribution in [2.45, 2.75) is 12.1 Å². The van der Waals surface area contributed by atoms with E-state index >= 15 is 0 Å². The number of carbonyl (C=O) groups is 1. The minimum atomic E-state index is -0.273. The number of methoxy groups -OCH3 is 2. The molecule has 0 bridgehead atoms. The molecule has 1 aromatic heterocycles. The van der Waals surface area contributed by atoms with E-state index in [-0.39, 0.29) is 17.2 Å². The number of thioether (sulfide) groups is 1. The van der Waals surface area contributed by atoms with Crippen LogP contribution in [0.2, 0.25) is 5.02 Å². The Hall–Kier alpha value is -3.49. The number of amides is 1. The van der Waals surface area contributed by atoms with Gasteiger partial charge in [-0.25, -0.2) is 4.98 Å². The molecule has 0 radical (unpaired) electrons. The van der Waals surface area contributed by atoms with Gasteiger partial charge in [0.25, 0.3) is 5.56 Å². The summed E-state index contributed by atoms with van der Waals surface area (Å²) in [4.78, 5) is 30.8. The first-order chi connectivity index (χ1) is 16.4. The highest BCUT2D eigenvalue weighted by atomic mass is 35.5. The molecule has 4 aromatic rings. The Morgan fingerprint density at radius 1 is 1.09 bits per heavy atom. The molecule has 4 rings (SSSR count). The fraction of sp³-hybridized carbons (Fsp3) is 0.160. The molecule has 0 fully saturated rings. The lowest BCUT2D eigenvalue weighted by Gasteiger charge is -2.15. The Labute approximate surface area is 205 Å². The van der Waals surface area contributed by atoms with E-state index in [2.05, 4.69) is 10.3 Å². The van der Waals surface area contributed by atoms with E-state index in [9.17, 15) is 9.59 Å². The molecule has 0 saturated heterocycles. The van der Waals surface area contributed by atoms with Crippen molar-refractivity contribution in [1.29, 1.82) is 0 Å². The monoisotopic (exact) mass is 495 g/mol. The number of benzene rings is 3. The van der Waals surface area contributed by atoms with Crippen molar-refractivity contribution in [1.82, 2.24) is 9.55 Å². The van der Waals surface area contributed by atoms with E-state index in [0.29, 0.717) is 44.0 Å². The number of aryl methyl sites for hydroxylation is 1. The molecule has 0 saturated carbocycles. The van der Waals surface area contributed by atoms with E-state index in [1.54, 1.807) is 61.7 Å². The van der Waals surface area contributed by atoms with Crippen LogP contribution in [0.5, 0.6) is 11.5 Å². The van der Waals surface area contributed by atoms with Gasteiger partial charge >= 0.3 is 0 Å². The molecule has 3 aromatic carbocycles. The van der Waals surface area contributed by atoms with Crippen LogP contribution in [0.3, 0.4) is 0 Å². The van der Waals surface area contributed by atoms with Crippen molar-refractivity contribution >= 4 is 45.9 Å². The molecule has 0 aliphatic heterocycles. The molecule has 0 spiro atoms. The third kappa shape index (κ3) is 4.88. The number of aromatic nitrogens is 2. The minimum Gasteiger partial charge on any atom is -0.497 e. The Morgan fingerprint density at radius 3 is 2.65 bits per heavy atom. The summed E-state index contributed by atoms with van der Waals surface area (Å²) >= 11 is 7.32. The number of nitrogens with one attached hydrogen (secondary N) is 1. The van der Waals surface area contributed by atoms with Crippen LogP contribution in [0.15, 0.2) is 70.6 Å². The minimum absolute atomic E-state index is 0.0274. The van der Waals surface area contributed by atoms with Crippen LogP contribution in [0.4, 0.5) is 5.69 Å². The second kappa shape index (κ2) is 10.2. The second-order valence-corrected chi connectivity index (χ2v) is 8.74. The summed E-state index contributed by atoms with van der Waals surface area (Å²) in [6, 6.07) is 17.7. The average Bonchev–Trinajstić information content (AvgIpc) is 2.85. The summed E-state index contributed by atoms with van der Waals surface area (Å²) in [5, 5.41) is 4.28.